The van der Waals surface area contributed by atoms with Gasteiger partial charge in [0.15, 0.2) is 5.13 Å². The summed E-state index contributed by atoms with van der Waals surface area (Å²) in [6.45, 7) is 2.38. The van der Waals surface area contributed by atoms with Crippen LogP contribution in [0.2, 0.25) is 0 Å². The van der Waals surface area contributed by atoms with Gasteiger partial charge in [0, 0.05) is 24.5 Å². The zero-order valence-corrected chi connectivity index (χ0v) is 12.0. The molecule has 3 rings (SSSR count). The second kappa shape index (κ2) is 5.62. The Morgan fingerprint density at radius 1 is 1.30 bits per heavy atom. The molecule has 106 valence electrons. The van der Waals surface area contributed by atoms with Gasteiger partial charge in [-0.3, -0.25) is 4.79 Å². The fraction of sp³-hybridized carbons (Fsp3) is 0.462. The minimum Gasteiger partial charge on any atom is -0.375 e. The highest BCUT2D eigenvalue weighted by Crippen LogP contribution is 2.17. The molecule has 2 aromatic rings. The molecule has 6 nitrogen and oxygen atoms in total. The van der Waals surface area contributed by atoms with E-state index in [-0.39, 0.29) is 5.56 Å². The van der Waals surface area contributed by atoms with Crippen molar-refractivity contribution in [2.75, 3.05) is 23.7 Å². The first-order valence-electron chi connectivity index (χ1n) is 6.74. The van der Waals surface area contributed by atoms with Gasteiger partial charge in [-0.05, 0) is 19.3 Å². The number of hydrogen-bond acceptors (Lipinski definition) is 6. The van der Waals surface area contributed by atoms with Gasteiger partial charge < -0.3 is 10.6 Å². The van der Waals surface area contributed by atoms with E-state index in [4.69, 9.17) is 5.73 Å². The summed E-state index contributed by atoms with van der Waals surface area (Å²) in [4.78, 5) is 18.5. The van der Waals surface area contributed by atoms with Crippen LogP contribution in [0.15, 0.2) is 22.4 Å². The van der Waals surface area contributed by atoms with Crippen molar-refractivity contribution in [3.8, 4) is 0 Å². The molecular formula is C13H17N5OS. The number of thiazole rings is 1. The van der Waals surface area contributed by atoms with Crippen molar-refractivity contribution in [1.82, 2.24) is 14.8 Å². The highest BCUT2D eigenvalue weighted by atomic mass is 32.1. The predicted octanol–water partition coefficient (Wildman–Crippen LogP) is 1.32. The second-order valence-electron chi connectivity index (χ2n) is 4.93. The summed E-state index contributed by atoms with van der Waals surface area (Å²) in [5, 5.41) is 6.61. The number of nitrogen functional groups attached to an aromatic ring is 1. The fourth-order valence-corrected chi connectivity index (χ4v) is 2.97. The fourth-order valence-electron chi connectivity index (χ4n) is 2.42. The van der Waals surface area contributed by atoms with Crippen LogP contribution in [0.1, 0.15) is 25.0 Å². The molecule has 0 aliphatic carbocycles. The molecule has 0 radical (unpaired) electrons. The lowest BCUT2D eigenvalue weighted by atomic mass is 10.1. The predicted molar refractivity (Wildman–Crippen MR) is 80.2 cm³/mol. The Balaban J connectivity index is 1.78. The Bertz CT molecular complexity index is 644. The zero-order valence-electron chi connectivity index (χ0n) is 11.2. The molecule has 0 saturated carbocycles. The van der Waals surface area contributed by atoms with E-state index < -0.39 is 0 Å². The lowest BCUT2D eigenvalue weighted by Crippen LogP contribution is -2.32. The standard InChI is InChI=1S/C13H17N5OS/c14-13-16-10(9-20-13)8-18-12(19)6-11(7-15-18)17-4-2-1-3-5-17/h6-7,9H,1-5,8H2,(H2,14,16). The van der Waals surface area contributed by atoms with Crippen molar-refractivity contribution in [1.29, 1.82) is 0 Å². The van der Waals surface area contributed by atoms with Crippen molar-refractivity contribution in [2.45, 2.75) is 25.8 Å². The van der Waals surface area contributed by atoms with Crippen LogP contribution >= 0.6 is 11.3 Å². The van der Waals surface area contributed by atoms with Crippen molar-refractivity contribution in [3.63, 3.8) is 0 Å². The summed E-state index contributed by atoms with van der Waals surface area (Å²) in [5.74, 6) is 0. The van der Waals surface area contributed by atoms with E-state index in [9.17, 15) is 4.79 Å². The van der Waals surface area contributed by atoms with Gasteiger partial charge in [0.2, 0.25) is 0 Å². The largest absolute Gasteiger partial charge is 0.375 e. The first-order chi connectivity index (χ1) is 9.72. The Morgan fingerprint density at radius 3 is 2.75 bits per heavy atom. The number of rotatable bonds is 3. The number of piperidine rings is 1. The molecule has 1 aliphatic heterocycles. The van der Waals surface area contributed by atoms with Crippen LogP contribution in [0.4, 0.5) is 10.8 Å². The third-order valence-electron chi connectivity index (χ3n) is 3.46. The molecule has 0 amide bonds. The van der Waals surface area contributed by atoms with Gasteiger partial charge in [-0.25, -0.2) is 9.67 Å². The average Bonchev–Trinajstić information content (AvgIpc) is 2.87. The zero-order chi connectivity index (χ0) is 13.9. The van der Waals surface area contributed by atoms with E-state index in [0.29, 0.717) is 11.7 Å². The molecule has 1 fully saturated rings. The van der Waals surface area contributed by atoms with Crippen LogP contribution in [0, 0.1) is 0 Å². The summed E-state index contributed by atoms with van der Waals surface area (Å²) in [5.41, 5.74) is 7.18. The van der Waals surface area contributed by atoms with E-state index in [1.165, 1.54) is 35.3 Å². The molecule has 2 N–H and O–H groups in total. The minimum atomic E-state index is -0.0976. The first-order valence-corrected chi connectivity index (χ1v) is 7.62. The second-order valence-corrected chi connectivity index (χ2v) is 5.82. The number of aromatic nitrogens is 3. The molecule has 0 unspecified atom stereocenters. The van der Waals surface area contributed by atoms with Gasteiger partial charge in [0.25, 0.3) is 5.56 Å². The van der Waals surface area contributed by atoms with Crippen LogP contribution in [0.3, 0.4) is 0 Å². The van der Waals surface area contributed by atoms with Gasteiger partial charge in [0.05, 0.1) is 24.1 Å². The molecule has 0 atom stereocenters. The molecule has 0 spiro atoms. The quantitative estimate of drug-likeness (QED) is 0.923. The number of hydrogen-bond donors (Lipinski definition) is 1. The monoisotopic (exact) mass is 291 g/mol. The topological polar surface area (TPSA) is 77.0 Å². The molecule has 3 heterocycles. The van der Waals surface area contributed by atoms with E-state index >= 15 is 0 Å². The van der Waals surface area contributed by atoms with Gasteiger partial charge in [-0.2, -0.15) is 5.10 Å². The maximum atomic E-state index is 12.1. The smallest absolute Gasteiger partial charge is 0.269 e. The molecule has 1 aliphatic rings. The molecule has 20 heavy (non-hydrogen) atoms. The third kappa shape index (κ3) is 2.82. The highest BCUT2D eigenvalue weighted by molar-refractivity contribution is 7.13. The van der Waals surface area contributed by atoms with Crippen molar-refractivity contribution in [3.05, 3.63) is 33.7 Å². The Hall–Kier alpha value is -1.89. The SMILES string of the molecule is Nc1nc(Cn2ncc(N3CCCCC3)cc2=O)cs1. The lowest BCUT2D eigenvalue weighted by Gasteiger charge is -2.28. The number of nitrogens with two attached hydrogens (primary N) is 1. The van der Waals surface area contributed by atoms with E-state index in [2.05, 4.69) is 15.0 Å². The molecule has 0 aromatic carbocycles. The van der Waals surface area contributed by atoms with E-state index in [1.54, 1.807) is 12.3 Å². The Labute approximate surface area is 120 Å². The molecule has 0 bridgehead atoms. The van der Waals surface area contributed by atoms with Crippen LogP contribution in [0.25, 0.3) is 0 Å². The first kappa shape index (κ1) is 13.1. The van der Waals surface area contributed by atoms with E-state index in [0.717, 1.165) is 24.5 Å². The maximum absolute atomic E-state index is 12.1. The van der Waals surface area contributed by atoms with Crippen molar-refractivity contribution < 1.29 is 0 Å². The summed E-state index contributed by atoms with van der Waals surface area (Å²) in [6, 6.07) is 1.66. The minimum absolute atomic E-state index is 0.0976. The summed E-state index contributed by atoms with van der Waals surface area (Å²) in [6.07, 6.45) is 5.40. The molecule has 2 aromatic heterocycles. The number of nitrogens with zero attached hydrogens (tertiary/aromatic N) is 4. The summed E-state index contributed by atoms with van der Waals surface area (Å²) in [7, 11) is 0. The average molecular weight is 291 g/mol. The van der Waals surface area contributed by atoms with Crippen LogP contribution in [-0.4, -0.2) is 27.9 Å². The highest BCUT2D eigenvalue weighted by Gasteiger charge is 2.12. The van der Waals surface area contributed by atoms with Crippen LogP contribution in [-0.2, 0) is 6.54 Å². The van der Waals surface area contributed by atoms with Crippen molar-refractivity contribution >= 4 is 22.2 Å². The summed E-state index contributed by atoms with van der Waals surface area (Å²) < 4.78 is 1.42. The molecular weight excluding hydrogens is 274 g/mol. The number of anilines is 2. The van der Waals surface area contributed by atoms with E-state index in [1.807, 2.05) is 5.38 Å². The van der Waals surface area contributed by atoms with Gasteiger partial charge in [-0.1, -0.05) is 0 Å². The third-order valence-corrected chi connectivity index (χ3v) is 4.18. The Morgan fingerprint density at radius 2 is 2.10 bits per heavy atom. The lowest BCUT2D eigenvalue weighted by molar-refractivity contribution is 0.571. The van der Waals surface area contributed by atoms with Gasteiger partial charge >= 0.3 is 0 Å². The van der Waals surface area contributed by atoms with Crippen molar-refractivity contribution in [2.24, 2.45) is 0 Å². The Kier molecular flexibility index (Phi) is 3.68. The van der Waals surface area contributed by atoms with Crippen LogP contribution < -0.4 is 16.2 Å². The molecule has 7 heteroatoms. The van der Waals surface area contributed by atoms with Gasteiger partial charge in [-0.15, -0.1) is 11.3 Å². The van der Waals surface area contributed by atoms with Crippen LogP contribution in [0.5, 0.6) is 0 Å². The maximum Gasteiger partial charge on any atom is 0.269 e. The normalized spacial score (nSPS) is 15.5. The molecule has 1 saturated heterocycles. The summed E-state index contributed by atoms with van der Waals surface area (Å²) >= 11 is 1.37. The van der Waals surface area contributed by atoms with Gasteiger partial charge in [0.1, 0.15) is 0 Å².